The summed E-state index contributed by atoms with van der Waals surface area (Å²) < 4.78 is 41.0. The van der Waals surface area contributed by atoms with Crippen LogP contribution in [0, 0.1) is 0 Å². The molecular formula is C16H18ClF3N4. The molecule has 0 spiro atoms. The third-order valence-electron chi connectivity index (χ3n) is 5.11. The monoisotopic (exact) mass is 358 g/mol. The van der Waals surface area contributed by atoms with Crippen molar-refractivity contribution in [2.45, 2.75) is 24.9 Å². The number of nitrogens with one attached hydrogen (secondary N) is 1. The minimum Gasteiger partial charge on any atom is -0.364 e. The molecule has 2 unspecified atom stereocenters. The molecule has 0 amide bonds. The highest BCUT2D eigenvalue weighted by Gasteiger charge is 2.45. The molecule has 0 aromatic carbocycles. The van der Waals surface area contributed by atoms with Gasteiger partial charge in [-0.3, -0.25) is 4.90 Å². The van der Waals surface area contributed by atoms with Crippen LogP contribution in [0.1, 0.15) is 24.1 Å². The van der Waals surface area contributed by atoms with Crippen LogP contribution in [0.25, 0.3) is 6.08 Å². The van der Waals surface area contributed by atoms with Crippen LogP contribution in [0.5, 0.6) is 0 Å². The van der Waals surface area contributed by atoms with Gasteiger partial charge >= 0.3 is 0 Å². The Kier molecular flexibility index (Phi) is 4.18. The van der Waals surface area contributed by atoms with E-state index in [2.05, 4.69) is 15.2 Å². The number of hydrogen-bond acceptors (Lipinski definition) is 4. The fourth-order valence-corrected chi connectivity index (χ4v) is 4.12. The SMILES string of the molecule is FC1=Cc2c(cc(Cl)nc2C(F)F)N2CC(N3CCNCC3)C2C1. The molecule has 8 heteroatoms. The third kappa shape index (κ3) is 2.68. The molecule has 3 aliphatic rings. The predicted molar refractivity (Wildman–Crippen MR) is 87.3 cm³/mol. The lowest BCUT2D eigenvalue weighted by Crippen LogP contribution is -2.69. The molecule has 2 fully saturated rings. The summed E-state index contributed by atoms with van der Waals surface area (Å²) in [6.07, 6.45) is -1.36. The number of halogens is 4. The van der Waals surface area contributed by atoms with Crippen LogP contribution in [0.4, 0.5) is 18.9 Å². The zero-order valence-corrected chi connectivity index (χ0v) is 13.7. The van der Waals surface area contributed by atoms with Gasteiger partial charge in [0.1, 0.15) is 16.7 Å². The predicted octanol–water partition coefficient (Wildman–Crippen LogP) is 2.85. The van der Waals surface area contributed by atoms with E-state index in [1.807, 2.05) is 4.90 Å². The summed E-state index contributed by atoms with van der Waals surface area (Å²) in [6.45, 7) is 4.38. The summed E-state index contributed by atoms with van der Waals surface area (Å²) in [7, 11) is 0. The Bertz CT molecular complexity index is 676. The maximum absolute atomic E-state index is 14.4. The molecule has 4 nitrogen and oxygen atoms in total. The minimum atomic E-state index is -2.79. The lowest BCUT2D eigenvalue weighted by Gasteiger charge is -2.54. The van der Waals surface area contributed by atoms with E-state index in [1.165, 1.54) is 6.08 Å². The van der Waals surface area contributed by atoms with Gasteiger partial charge in [0.05, 0.1) is 6.04 Å². The topological polar surface area (TPSA) is 31.4 Å². The summed E-state index contributed by atoms with van der Waals surface area (Å²) in [4.78, 5) is 8.06. The molecule has 0 radical (unpaired) electrons. The second kappa shape index (κ2) is 6.20. The maximum Gasteiger partial charge on any atom is 0.281 e. The summed E-state index contributed by atoms with van der Waals surface area (Å²) in [5.74, 6) is -0.380. The molecule has 1 aromatic rings. The van der Waals surface area contributed by atoms with E-state index in [-0.39, 0.29) is 35.0 Å². The van der Waals surface area contributed by atoms with Crippen molar-refractivity contribution >= 4 is 23.4 Å². The number of pyridine rings is 1. The number of nitrogens with zero attached hydrogens (tertiary/aromatic N) is 3. The third-order valence-corrected chi connectivity index (χ3v) is 5.30. The van der Waals surface area contributed by atoms with E-state index in [0.717, 1.165) is 26.2 Å². The highest BCUT2D eigenvalue weighted by molar-refractivity contribution is 6.29. The van der Waals surface area contributed by atoms with Crippen LogP contribution in [0.15, 0.2) is 11.9 Å². The van der Waals surface area contributed by atoms with Gasteiger partial charge in [-0.15, -0.1) is 0 Å². The van der Waals surface area contributed by atoms with Crippen molar-refractivity contribution in [2.24, 2.45) is 0 Å². The molecular weight excluding hydrogens is 341 g/mol. The Morgan fingerprint density at radius 1 is 1.25 bits per heavy atom. The van der Waals surface area contributed by atoms with Crippen molar-refractivity contribution in [1.29, 1.82) is 0 Å². The largest absolute Gasteiger partial charge is 0.364 e. The second-order valence-electron chi connectivity index (χ2n) is 6.43. The van der Waals surface area contributed by atoms with E-state index >= 15 is 0 Å². The number of anilines is 1. The fourth-order valence-electron chi connectivity index (χ4n) is 3.92. The second-order valence-corrected chi connectivity index (χ2v) is 6.82. The van der Waals surface area contributed by atoms with E-state index < -0.39 is 12.1 Å². The van der Waals surface area contributed by atoms with Crippen LogP contribution in [0.3, 0.4) is 0 Å². The number of piperazine rings is 1. The van der Waals surface area contributed by atoms with Gasteiger partial charge in [0.15, 0.2) is 0 Å². The van der Waals surface area contributed by atoms with Crippen molar-refractivity contribution in [3.05, 3.63) is 28.3 Å². The van der Waals surface area contributed by atoms with Gasteiger partial charge in [-0.25, -0.2) is 18.2 Å². The molecule has 4 heterocycles. The standard InChI is InChI=1S/C16H18ClF3N4/c17-14-7-11-10(15(22-14)16(19)20)5-9(18)6-12-13(8-24(11)12)23-3-1-21-2-4-23/h5,7,12-13,16,21H,1-4,6,8H2. The highest BCUT2D eigenvalue weighted by Crippen LogP contribution is 2.43. The normalized spacial score (nSPS) is 27.2. The molecule has 0 bridgehead atoms. The quantitative estimate of drug-likeness (QED) is 0.824. The van der Waals surface area contributed by atoms with Gasteiger partial charge in [-0.1, -0.05) is 11.6 Å². The summed E-state index contributed by atoms with van der Waals surface area (Å²) in [5.41, 5.74) is 0.279. The van der Waals surface area contributed by atoms with Crippen LogP contribution < -0.4 is 10.2 Å². The maximum atomic E-state index is 14.4. The number of alkyl halides is 2. The molecule has 2 saturated heterocycles. The number of rotatable bonds is 2. The first-order chi connectivity index (χ1) is 11.5. The van der Waals surface area contributed by atoms with Gasteiger partial charge in [0.25, 0.3) is 6.43 Å². The Morgan fingerprint density at radius 3 is 2.71 bits per heavy atom. The Hall–Kier alpha value is -1.31. The molecule has 24 heavy (non-hydrogen) atoms. The molecule has 4 rings (SSSR count). The van der Waals surface area contributed by atoms with Gasteiger partial charge in [-0.2, -0.15) is 0 Å². The minimum absolute atomic E-state index is 0.0177. The average molecular weight is 359 g/mol. The summed E-state index contributed by atoms with van der Waals surface area (Å²) in [5, 5.41) is 3.32. The molecule has 130 valence electrons. The lowest BCUT2D eigenvalue weighted by molar-refractivity contribution is 0.107. The molecule has 3 aliphatic heterocycles. The first-order valence-electron chi connectivity index (χ1n) is 8.10. The molecule has 1 aromatic heterocycles. The first-order valence-corrected chi connectivity index (χ1v) is 8.48. The highest BCUT2D eigenvalue weighted by atomic mass is 35.5. The zero-order chi connectivity index (χ0) is 16.8. The smallest absolute Gasteiger partial charge is 0.281 e. The van der Waals surface area contributed by atoms with Crippen LogP contribution in [-0.2, 0) is 0 Å². The van der Waals surface area contributed by atoms with Crippen LogP contribution in [-0.4, -0.2) is 54.7 Å². The summed E-state index contributed by atoms with van der Waals surface area (Å²) in [6, 6.07) is 1.75. The van der Waals surface area contributed by atoms with Gasteiger partial charge in [0, 0.05) is 56.4 Å². The van der Waals surface area contributed by atoms with Crippen molar-refractivity contribution < 1.29 is 13.2 Å². The van der Waals surface area contributed by atoms with Crippen molar-refractivity contribution in [3.63, 3.8) is 0 Å². The number of fused-ring (bicyclic) bond motifs is 3. The fraction of sp³-hybridized carbons (Fsp3) is 0.562. The first kappa shape index (κ1) is 16.2. The molecule has 2 atom stereocenters. The summed E-state index contributed by atoms with van der Waals surface area (Å²) >= 11 is 5.93. The average Bonchev–Trinajstić information content (AvgIpc) is 2.63. The van der Waals surface area contributed by atoms with E-state index in [9.17, 15) is 13.2 Å². The van der Waals surface area contributed by atoms with E-state index in [4.69, 9.17) is 11.6 Å². The molecule has 0 aliphatic carbocycles. The van der Waals surface area contributed by atoms with Gasteiger partial charge in [-0.05, 0) is 12.1 Å². The van der Waals surface area contributed by atoms with Crippen molar-refractivity contribution in [3.8, 4) is 0 Å². The van der Waals surface area contributed by atoms with Crippen molar-refractivity contribution in [1.82, 2.24) is 15.2 Å². The number of aromatic nitrogens is 1. The van der Waals surface area contributed by atoms with E-state index in [1.54, 1.807) is 6.07 Å². The van der Waals surface area contributed by atoms with E-state index in [0.29, 0.717) is 12.2 Å². The van der Waals surface area contributed by atoms with Crippen LogP contribution in [0.2, 0.25) is 5.15 Å². The number of hydrogen-bond donors (Lipinski definition) is 1. The van der Waals surface area contributed by atoms with Gasteiger partial charge in [0.2, 0.25) is 0 Å². The Balaban J connectivity index is 1.69. The lowest BCUT2D eigenvalue weighted by atomic mass is 9.90. The van der Waals surface area contributed by atoms with Crippen molar-refractivity contribution in [2.75, 3.05) is 37.6 Å². The van der Waals surface area contributed by atoms with Gasteiger partial charge < -0.3 is 10.2 Å². The van der Waals surface area contributed by atoms with Crippen LogP contribution >= 0.6 is 11.6 Å². The molecule has 0 saturated carbocycles. The Labute approximate surface area is 143 Å². The zero-order valence-electron chi connectivity index (χ0n) is 13.0. The Morgan fingerprint density at radius 2 is 2.00 bits per heavy atom. The molecule has 1 N–H and O–H groups in total.